The number of aromatic nitrogens is 1. The fraction of sp³-hybridized carbons (Fsp3) is 0.522. The molecular weight excluding hydrogens is 334 g/mol. The SMILES string of the molecule is Cc1c2c(c(C)n1-c1ccccc1)C(C)(C(=O)NCCN(C)C)CC2(C)C. The first-order valence-corrected chi connectivity index (χ1v) is 9.81. The van der Waals surface area contributed by atoms with Crippen molar-refractivity contribution in [1.82, 2.24) is 14.8 Å². The van der Waals surface area contributed by atoms with Crippen molar-refractivity contribution in [2.75, 3.05) is 27.2 Å². The standard InChI is InChI=1S/C23H33N3O/c1-16-19-20(17(2)26(16)18-11-9-8-10-12-18)23(5,15-22(19,3)4)21(27)24-13-14-25(6)7/h8-12H,13-15H2,1-7H3,(H,24,27). The molecule has 1 aliphatic rings. The van der Waals surface area contributed by atoms with Crippen LogP contribution in [0.1, 0.15) is 49.7 Å². The summed E-state index contributed by atoms with van der Waals surface area (Å²) in [6, 6.07) is 10.4. The topological polar surface area (TPSA) is 37.3 Å². The van der Waals surface area contributed by atoms with Gasteiger partial charge in [-0.1, -0.05) is 32.0 Å². The van der Waals surface area contributed by atoms with Crippen molar-refractivity contribution in [1.29, 1.82) is 0 Å². The lowest BCUT2D eigenvalue weighted by molar-refractivity contribution is -0.126. The Morgan fingerprint density at radius 1 is 1.07 bits per heavy atom. The van der Waals surface area contributed by atoms with E-state index in [4.69, 9.17) is 0 Å². The summed E-state index contributed by atoms with van der Waals surface area (Å²) < 4.78 is 2.32. The Kier molecular flexibility index (Phi) is 4.98. The molecule has 4 heteroatoms. The van der Waals surface area contributed by atoms with Gasteiger partial charge in [-0.15, -0.1) is 0 Å². The van der Waals surface area contributed by atoms with Gasteiger partial charge in [0.2, 0.25) is 5.91 Å². The molecule has 0 saturated carbocycles. The minimum absolute atomic E-state index is 0.0299. The predicted molar refractivity (Wildman–Crippen MR) is 112 cm³/mol. The van der Waals surface area contributed by atoms with E-state index in [1.165, 1.54) is 22.5 Å². The lowest BCUT2D eigenvalue weighted by Crippen LogP contribution is -2.44. The molecule has 1 N–H and O–H groups in total. The van der Waals surface area contributed by atoms with Crippen LogP contribution >= 0.6 is 0 Å². The predicted octanol–water partition coefficient (Wildman–Crippen LogP) is 3.71. The van der Waals surface area contributed by atoms with Crippen LogP contribution in [0.4, 0.5) is 0 Å². The van der Waals surface area contributed by atoms with Crippen LogP contribution in [0.3, 0.4) is 0 Å². The molecule has 1 heterocycles. The number of nitrogens with one attached hydrogen (secondary N) is 1. The van der Waals surface area contributed by atoms with Crippen molar-refractivity contribution in [3.63, 3.8) is 0 Å². The summed E-state index contributed by atoms with van der Waals surface area (Å²) in [6.45, 7) is 12.5. The number of nitrogens with zero attached hydrogens (tertiary/aromatic N) is 2. The monoisotopic (exact) mass is 367 g/mol. The third kappa shape index (κ3) is 3.20. The maximum atomic E-state index is 13.3. The van der Waals surface area contributed by atoms with Gasteiger partial charge in [-0.3, -0.25) is 4.79 Å². The summed E-state index contributed by atoms with van der Waals surface area (Å²) in [5, 5.41) is 3.18. The summed E-state index contributed by atoms with van der Waals surface area (Å²) in [4.78, 5) is 15.4. The van der Waals surface area contributed by atoms with E-state index in [0.29, 0.717) is 6.54 Å². The minimum Gasteiger partial charge on any atom is -0.354 e. The molecule has 1 amide bonds. The Morgan fingerprint density at radius 2 is 1.67 bits per heavy atom. The fourth-order valence-corrected chi connectivity index (χ4v) is 5.15. The zero-order chi connectivity index (χ0) is 20.0. The highest BCUT2D eigenvalue weighted by Gasteiger charge is 2.52. The van der Waals surface area contributed by atoms with E-state index in [9.17, 15) is 4.79 Å². The molecule has 1 unspecified atom stereocenters. The molecule has 0 saturated heterocycles. The molecule has 146 valence electrons. The number of carbonyl (C=O) groups is 1. The fourth-order valence-electron chi connectivity index (χ4n) is 5.15. The summed E-state index contributed by atoms with van der Waals surface area (Å²) in [5.74, 6) is 0.143. The van der Waals surface area contributed by atoms with E-state index >= 15 is 0 Å². The first-order valence-electron chi connectivity index (χ1n) is 9.81. The Labute approximate surface area is 163 Å². The highest BCUT2D eigenvalue weighted by molar-refractivity contribution is 5.90. The van der Waals surface area contributed by atoms with E-state index in [0.717, 1.165) is 18.7 Å². The van der Waals surface area contributed by atoms with Crippen molar-refractivity contribution in [3.05, 3.63) is 52.8 Å². The molecule has 0 radical (unpaired) electrons. The average Bonchev–Trinajstić information content (AvgIpc) is 2.99. The second-order valence-corrected chi connectivity index (χ2v) is 9.04. The van der Waals surface area contributed by atoms with Gasteiger partial charge < -0.3 is 14.8 Å². The van der Waals surface area contributed by atoms with E-state index < -0.39 is 5.41 Å². The quantitative estimate of drug-likeness (QED) is 0.875. The number of carbonyl (C=O) groups excluding carboxylic acids is 1. The van der Waals surface area contributed by atoms with Crippen LogP contribution < -0.4 is 5.32 Å². The normalized spacial score (nSPS) is 20.7. The van der Waals surface area contributed by atoms with Crippen molar-refractivity contribution >= 4 is 5.91 Å². The van der Waals surface area contributed by atoms with Gasteiger partial charge in [-0.25, -0.2) is 0 Å². The second kappa shape index (κ2) is 6.83. The number of likely N-dealkylation sites (N-methyl/N-ethyl adjacent to an activating group) is 1. The molecule has 1 atom stereocenters. The minimum atomic E-state index is -0.500. The van der Waals surface area contributed by atoms with E-state index in [-0.39, 0.29) is 11.3 Å². The molecule has 4 nitrogen and oxygen atoms in total. The van der Waals surface area contributed by atoms with Crippen LogP contribution in [0.2, 0.25) is 0 Å². The van der Waals surface area contributed by atoms with Gasteiger partial charge in [0.15, 0.2) is 0 Å². The molecule has 0 fully saturated rings. The lowest BCUT2D eigenvalue weighted by atomic mass is 9.78. The molecule has 27 heavy (non-hydrogen) atoms. The summed E-state index contributed by atoms with van der Waals surface area (Å²) >= 11 is 0. The number of hydrogen-bond acceptors (Lipinski definition) is 2. The van der Waals surface area contributed by atoms with Crippen LogP contribution in [0.5, 0.6) is 0 Å². The third-order valence-electron chi connectivity index (χ3n) is 6.03. The molecule has 0 aliphatic heterocycles. The van der Waals surface area contributed by atoms with Crippen LogP contribution in [-0.2, 0) is 15.6 Å². The summed E-state index contributed by atoms with van der Waals surface area (Å²) in [5.41, 5.74) is 5.63. The largest absolute Gasteiger partial charge is 0.354 e. The Hall–Kier alpha value is -2.07. The number of benzene rings is 1. The van der Waals surface area contributed by atoms with Crippen molar-refractivity contribution < 1.29 is 4.79 Å². The zero-order valence-corrected chi connectivity index (χ0v) is 17.8. The van der Waals surface area contributed by atoms with Gasteiger partial charge in [0.25, 0.3) is 0 Å². The second-order valence-electron chi connectivity index (χ2n) is 9.04. The van der Waals surface area contributed by atoms with Gasteiger partial charge >= 0.3 is 0 Å². The van der Waals surface area contributed by atoms with E-state index in [1.807, 2.05) is 20.2 Å². The zero-order valence-electron chi connectivity index (χ0n) is 17.8. The number of fused-ring (bicyclic) bond motifs is 1. The van der Waals surface area contributed by atoms with Crippen LogP contribution in [0.25, 0.3) is 5.69 Å². The molecular formula is C23H33N3O. The van der Waals surface area contributed by atoms with Crippen LogP contribution in [-0.4, -0.2) is 42.6 Å². The Morgan fingerprint density at radius 3 is 2.26 bits per heavy atom. The molecule has 1 aromatic heterocycles. The smallest absolute Gasteiger partial charge is 0.230 e. The van der Waals surface area contributed by atoms with Crippen molar-refractivity contribution in [2.24, 2.45) is 0 Å². The number of rotatable bonds is 5. The van der Waals surface area contributed by atoms with Crippen LogP contribution in [0, 0.1) is 13.8 Å². The van der Waals surface area contributed by atoms with Gasteiger partial charge in [0, 0.05) is 30.2 Å². The molecule has 1 aromatic carbocycles. The van der Waals surface area contributed by atoms with E-state index in [2.05, 4.69) is 73.7 Å². The van der Waals surface area contributed by atoms with Gasteiger partial charge in [-0.2, -0.15) is 0 Å². The molecule has 2 aromatic rings. The lowest BCUT2D eigenvalue weighted by Gasteiger charge is -2.29. The summed E-state index contributed by atoms with van der Waals surface area (Å²) in [6.07, 6.45) is 0.843. The number of amides is 1. The molecule has 0 bridgehead atoms. The first-order chi connectivity index (χ1) is 12.6. The summed E-state index contributed by atoms with van der Waals surface area (Å²) in [7, 11) is 4.05. The maximum absolute atomic E-state index is 13.3. The third-order valence-corrected chi connectivity index (χ3v) is 6.03. The molecule has 1 aliphatic carbocycles. The van der Waals surface area contributed by atoms with Crippen molar-refractivity contribution in [2.45, 2.75) is 51.9 Å². The number of para-hydroxylation sites is 1. The van der Waals surface area contributed by atoms with Gasteiger partial charge in [-0.05, 0) is 70.0 Å². The highest BCUT2D eigenvalue weighted by Crippen LogP contribution is 2.53. The number of hydrogen-bond donors (Lipinski definition) is 1. The van der Waals surface area contributed by atoms with Gasteiger partial charge in [0.1, 0.15) is 0 Å². The Bertz CT molecular complexity index is 848. The van der Waals surface area contributed by atoms with Crippen LogP contribution in [0.15, 0.2) is 30.3 Å². The van der Waals surface area contributed by atoms with Gasteiger partial charge in [0.05, 0.1) is 5.41 Å². The average molecular weight is 368 g/mol. The van der Waals surface area contributed by atoms with Crippen molar-refractivity contribution in [3.8, 4) is 5.69 Å². The maximum Gasteiger partial charge on any atom is 0.230 e. The first kappa shape index (κ1) is 19.7. The Balaban J connectivity index is 2.08. The molecule has 0 spiro atoms. The highest BCUT2D eigenvalue weighted by atomic mass is 16.2. The molecule has 3 rings (SSSR count). The van der Waals surface area contributed by atoms with E-state index in [1.54, 1.807) is 0 Å².